The molecule has 0 aliphatic carbocycles. The molecule has 7 nitrogen and oxygen atoms in total. The number of aromatic nitrogens is 3. The minimum atomic E-state index is -0.390. The Balaban J connectivity index is 1.92. The Morgan fingerprint density at radius 2 is 2.04 bits per heavy atom. The van der Waals surface area contributed by atoms with Gasteiger partial charge in [-0.25, -0.2) is 9.48 Å². The van der Waals surface area contributed by atoms with Gasteiger partial charge in [-0.2, -0.15) is 10.1 Å². The van der Waals surface area contributed by atoms with Gasteiger partial charge in [-0.05, 0) is 31.0 Å². The van der Waals surface area contributed by atoms with Crippen molar-refractivity contribution in [3.8, 4) is 5.75 Å². The fourth-order valence-corrected chi connectivity index (χ4v) is 3.04. The largest absolute Gasteiger partial charge is 0.497 e. The molecule has 0 amide bonds. The lowest BCUT2D eigenvalue weighted by molar-refractivity contribution is -0.139. The molecule has 0 fully saturated rings. The first kappa shape index (κ1) is 18.0. The maximum Gasteiger partial charge on any atom is 0.338 e. The number of hydrogen-bond acceptors (Lipinski definition) is 6. The van der Waals surface area contributed by atoms with Crippen molar-refractivity contribution in [2.75, 3.05) is 19.0 Å². The lowest BCUT2D eigenvalue weighted by Crippen LogP contribution is -2.29. The van der Waals surface area contributed by atoms with E-state index in [0.717, 1.165) is 36.3 Å². The second-order valence-corrected chi connectivity index (χ2v) is 6.21. The monoisotopic (exact) mass is 356 g/mol. The molecule has 1 atom stereocenters. The predicted molar refractivity (Wildman–Crippen MR) is 98.0 cm³/mol. The lowest BCUT2D eigenvalue weighted by Gasteiger charge is -2.28. The van der Waals surface area contributed by atoms with Crippen molar-refractivity contribution in [3.05, 3.63) is 47.4 Å². The van der Waals surface area contributed by atoms with Crippen molar-refractivity contribution < 1.29 is 14.3 Å². The molecular weight excluding hydrogens is 332 g/mol. The summed E-state index contributed by atoms with van der Waals surface area (Å²) in [5, 5.41) is 7.44. The SMILES string of the molecule is CCCCCOC(=O)C1=C(C)Nc2ncnn2C1c1ccc(OC)cc1. The minimum Gasteiger partial charge on any atom is -0.497 e. The molecule has 2 heterocycles. The summed E-state index contributed by atoms with van der Waals surface area (Å²) in [4.78, 5) is 17.0. The highest BCUT2D eigenvalue weighted by molar-refractivity contribution is 5.92. The van der Waals surface area contributed by atoms with Gasteiger partial charge in [0.2, 0.25) is 5.95 Å². The van der Waals surface area contributed by atoms with Gasteiger partial charge in [0.05, 0.1) is 19.3 Å². The van der Waals surface area contributed by atoms with Gasteiger partial charge in [0.1, 0.15) is 18.1 Å². The molecule has 2 aromatic rings. The zero-order chi connectivity index (χ0) is 18.5. The molecule has 0 saturated heterocycles. The number of methoxy groups -OCH3 is 1. The summed E-state index contributed by atoms with van der Waals surface area (Å²) in [6.45, 7) is 4.39. The van der Waals surface area contributed by atoms with E-state index in [2.05, 4.69) is 22.3 Å². The topological polar surface area (TPSA) is 78.3 Å². The van der Waals surface area contributed by atoms with E-state index in [4.69, 9.17) is 9.47 Å². The molecule has 1 N–H and O–H groups in total. The fraction of sp³-hybridized carbons (Fsp3) is 0.421. The molecule has 1 aliphatic rings. The van der Waals surface area contributed by atoms with Crippen molar-refractivity contribution in [3.63, 3.8) is 0 Å². The van der Waals surface area contributed by atoms with Crippen LogP contribution in [-0.4, -0.2) is 34.5 Å². The van der Waals surface area contributed by atoms with Gasteiger partial charge in [-0.15, -0.1) is 0 Å². The molecule has 1 unspecified atom stereocenters. The van der Waals surface area contributed by atoms with E-state index in [1.807, 2.05) is 31.2 Å². The third kappa shape index (κ3) is 3.56. The summed E-state index contributed by atoms with van der Waals surface area (Å²) in [7, 11) is 1.62. The third-order valence-electron chi connectivity index (χ3n) is 4.43. The average molecular weight is 356 g/mol. The first-order chi connectivity index (χ1) is 12.7. The van der Waals surface area contributed by atoms with Crippen LogP contribution in [0.3, 0.4) is 0 Å². The van der Waals surface area contributed by atoms with Crippen molar-refractivity contribution in [1.82, 2.24) is 14.8 Å². The van der Waals surface area contributed by atoms with Crippen LogP contribution in [0.5, 0.6) is 5.75 Å². The van der Waals surface area contributed by atoms with Crippen LogP contribution in [-0.2, 0) is 9.53 Å². The Bertz CT molecular complexity index is 795. The van der Waals surface area contributed by atoms with E-state index in [1.54, 1.807) is 11.8 Å². The van der Waals surface area contributed by atoms with Crippen molar-refractivity contribution in [2.45, 2.75) is 39.2 Å². The highest BCUT2D eigenvalue weighted by atomic mass is 16.5. The number of benzene rings is 1. The summed E-state index contributed by atoms with van der Waals surface area (Å²) in [5.41, 5.74) is 2.19. The molecule has 3 rings (SSSR count). The van der Waals surface area contributed by atoms with Crippen LogP contribution >= 0.6 is 0 Å². The second-order valence-electron chi connectivity index (χ2n) is 6.21. The lowest BCUT2D eigenvalue weighted by atomic mass is 9.96. The number of unbranched alkanes of at least 4 members (excludes halogenated alkanes) is 2. The van der Waals surface area contributed by atoms with E-state index in [0.29, 0.717) is 18.1 Å². The van der Waals surface area contributed by atoms with Crippen LogP contribution in [0.25, 0.3) is 0 Å². The van der Waals surface area contributed by atoms with Crippen molar-refractivity contribution in [2.24, 2.45) is 0 Å². The highest BCUT2D eigenvalue weighted by Gasteiger charge is 2.34. The molecule has 1 aliphatic heterocycles. The van der Waals surface area contributed by atoms with Crippen LogP contribution in [0, 0.1) is 0 Å². The molecule has 0 saturated carbocycles. The summed E-state index contributed by atoms with van der Waals surface area (Å²) in [6.07, 6.45) is 4.46. The van der Waals surface area contributed by atoms with Crippen molar-refractivity contribution in [1.29, 1.82) is 0 Å². The number of esters is 1. The first-order valence-electron chi connectivity index (χ1n) is 8.84. The number of nitrogens with zero attached hydrogens (tertiary/aromatic N) is 3. The zero-order valence-corrected chi connectivity index (χ0v) is 15.4. The van der Waals surface area contributed by atoms with Crippen molar-refractivity contribution >= 4 is 11.9 Å². The average Bonchev–Trinajstić information content (AvgIpc) is 3.12. The minimum absolute atomic E-state index is 0.326. The number of anilines is 1. The van der Waals surface area contributed by atoms with E-state index in [-0.39, 0.29) is 5.97 Å². The smallest absolute Gasteiger partial charge is 0.338 e. The van der Waals surface area contributed by atoms with Crippen LogP contribution < -0.4 is 10.1 Å². The fourth-order valence-electron chi connectivity index (χ4n) is 3.04. The molecule has 1 aromatic carbocycles. The summed E-state index contributed by atoms with van der Waals surface area (Å²) >= 11 is 0. The van der Waals surface area contributed by atoms with Gasteiger partial charge >= 0.3 is 5.97 Å². The van der Waals surface area contributed by atoms with E-state index in [9.17, 15) is 4.79 Å². The van der Waals surface area contributed by atoms with Gasteiger partial charge in [0.15, 0.2) is 0 Å². The Morgan fingerprint density at radius 3 is 2.73 bits per heavy atom. The number of allylic oxidation sites excluding steroid dienone is 1. The third-order valence-corrected chi connectivity index (χ3v) is 4.43. The van der Waals surface area contributed by atoms with Gasteiger partial charge in [-0.1, -0.05) is 31.9 Å². The molecule has 0 spiro atoms. The predicted octanol–water partition coefficient (Wildman–Crippen LogP) is 3.31. The molecule has 26 heavy (non-hydrogen) atoms. The van der Waals surface area contributed by atoms with Gasteiger partial charge in [-0.3, -0.25) is 0 Å². The summed E-state index contributed by atoms with van der Waals surface area (Å²) in [5.74, 6) is 1.03. The van der Waals surface area contributed by atoms with Crippen LogP contribution in [0.4, 0.5) is 5.95 Å². The van der Waals surface area contributed by atoms with Gasteiger partial charge in [0.25, 0.3) is 0 Å². The number of rotatable bonds is 7. The number of ether oxygens (including phenoxy) is 2. The number of carbonyl (C=O) groups excluding carboxylic acids is 1. The number of hydrogen-bond donors (Lipinski definition) is 1. The second kappa shape index (κ2) is 8.03. The van der Waals surface area contributed by atoms with Crippen LogP contribution in [0.15, 0.2) is 41.9 Å². The zero-order valence-electron chi connectivity index (χ0n) is 15.4. The molecule has 0 radical (unpaired) electrons. The Morgan fingerprint density at radius 1 is 1.27 bits per heavy atom. The van der Waals surface area contributed by atoms with E-state index >= 15 is 0 Å². The van der Waals surface area contributed by atoms with Gasteiger partial charge < -0.3 is 14.8 Å². The molecule has 7 heteroatoms. The van der Waals surface area contributed by atoms with Crippen LogP contribution in [0.2, 0.25) is 0 Å². The van der Waals surface area contributed by atoms with Crippen LogP contribution in [0.1, 0.15) is 44.7 Å². The number of fused-ring (bicyclic) bond motifs is 1. The van der Waals surface area contributed by atoms with E-state index < -0.39 is 6.04 Å². The molecule has 0 bridgehead atoms. The van der Waals surface area contributed by atoms with E-state index in [1.165, 1.54) is 6.33 Å². The molecule has 1 aromatic heterocycles. The standard InChI is InChI=1S/C19H24N4O3/c1-4-5-6-11-26-18(24)16-13(2)22-19-20-12-21-23(19)17(16)14-7-9-15(25-3)10-8-14/h7-10,12,17H,4-6,11H2,1-3H3,(H,20,21,22). The highest BCUT2D eigenvalue weighted by Crippen LogP contribution is 2.35. The molecule has 138 valence electrons. The Kier molecular flexibility index (Phi) is 5.55. The summed E-state index contributed by atoms with van der Waals surface area (Å²) in [6, 6.07) is 7.20. The Hall–Kier alpha value is -2.83. The molecular formula is C19H24N4O3. The number of nitrogens with one attached hydrogen (secondary N) is 1. The maximum absolute atomic E-state index is 12.8. The normalized spacial score (nSPS) is 16.0. The first-order valence-corrected chi connectivity index (χ1v) is 8.84. The Labute approximate surface area is 153 Å². The quantitative estimate of drug-likeness (QED) is 0.606. The maximum atomic E-state index is 12.8. The van der Waals surface area contributed by atoms with Gasteiger partial charge in [0, 0.05) is 5.70 Å². The summed E-state index contributed by atoms with van der Waals surface area (Å²) < 4.78 is 12.5. The number of carbonyl (C=O) groups is 1.